The lowest BCUT2D eigenvalue weighted by molar-refractivity contribution is -0.119. The summed E-state index contributed by atoms with van der Waals surface area (Å²) in [5.41, 5.74) is 2.06. The molecule has 19 heavy (non-hydrogen) atoms. The third kappa shape index (κ3) is 3.85. The van der Waals surface area contributed by atoms with E-state index in [2.05, 4.69) is 16.7 Å². The molecule has 0 bridgehead atoms. The van der Waals surface area contributed by atoms with Gasteiger partial charge in [0.25, 0.3) is 0 Å². The van der Waals surface area contributed by atoms with Crippen molar-refractivity contribution in [1.82, 2.24) is 10.6 Å². The van der Waals surface area contributed by atoms with Gasteiger partial charge in [-0.1, -0.05) is 23.7 Å². The van der Waals surface area contributed by atoms with E-state index in [0.717, 1.165) is 17.8 Å². The van der Waals surface area contributed by atoms with Crippen molar-refractivity contribution >= 4 is 23.2 Å². The Hall–Kier alpha value is -1.26. The summed E-state index contributed by atoms with van der Waals surface area (Å²) in [5, 5.41) is 6.78. The Bertz CT molecular complexity index is 460. The molecule has 1 fully saturated rings. The zero-order valence-electron chi connectivity index (χ0n) is 11.4. The van der Waals surface area contributed by atoms with E-state index in [1.807, 2.05) is 24.1 Å². The Labute approximate surface area is 119 Å². The van der Waals surface area contributed by atoms with E-state index < -0.39 is 0 Å². The highest BCUT2D eigenvalue weighted by Gasteiger charge is 2.21. The number of carbonyl (C=O) groups excluding carboxylic acids is 1. The fourth-order valence-electron chi connectivity index (χ4n) is 2.05. The number of rotatable bonds is 6. The number of benzene rings is 1. The molecule has 1 aromatic rings. The first-order valence-electron chi connectivity index (χ1n) is 6.54. The molecule has 1 amide bonds. The predicted molar refractivity (Wildman–Crippen MR) is 78.7 cm³/mol. The summed E-state index contributed by atoms with van der Waals surface area (Å²) in [4.78, 5) is 13.4. The summed E-state index contributed by atoms with van der Waals surface area (Å²) in [5.74, 6) is -0.0245. The predicted octanol–water partition coefficient (Wildman–Crippen LogP) is 1.77. The first-order valence-corrected chi connectivity index (χ1v) is 6.92. The Morgan fingerprint density at radius 1 is 1.47 bits per heavy atom. The van der Waals surface area contributed by atoms with Gasteiger partial charge in [-0.2, -0.15) is 0 Å². The van der Waals surface area contributed by atoms with E-state index in [1.165, 1.54) is 12.8 Å². The van der Waals surface area contributed by atoms with Gasteiger partial charge in [-0.25, -0.2) is 0 Å². The van der Waals surface area contributed by atoms with Gasteiger partial charge in [-0.3, -0.25) is 4.79 Å². The number of amides is 1. The van der Waals surface area contributed by atoms with Crippen LogP contribution in [0.2, 0.25) is 5.02 Å². The zero-order chi connectivity index (χ0) is 13.8. The van der Waals surface area contributed by atoms with E-state index in [1.54, 1.807) is 7.05 Å². The molecule has 0 unspecified atom stereocenters. The summed E-state index contributed by atoms with van der Waals surface area (Å²) >= 11 is 6.28. The molecule has 2 rings (SSSR count). The van der Waals surface area contributed by atoms with Gasteiger partial charge in [0.2, 0.25) is 5.91 Å². The van der Waals surface area contributed by atoms with Crippen LogP contribution in [0.15, 0.2) is 18.2 Å². The average Bonchev–Trinajstić information content (AvgIpc) is 3.19. The van der Waals surface area contributed by atoms with Crippen LogP contribution in [0.3, 0.4) is 0 Å². The normalized spacial score (nSPS) is 14.3. The maximum Gasteiger partial charge on any atom is 0.239 e. The minimum Gasteiger partial charge on any atom is -0.364 e. The van der Waals surface area contributed by atoms with Crippen molar-refractivity contribution in [2.45, 2.75) is 25.4 Å². The van der Waals surface area contributed by atoms with Crippen LogP contribution in [-0.4, -0.2) is 32.6 Å². The van der Waals surface area contributed by atoms with E-state index in [-0.39, 0.29) is 5.91 Å². The van der Waals surface area contributed by atoms with Gasteiger partial charge >= 0.3 is 0 Å². The van der Waals surface area contributed by atoms with Crippen molar-refractivity contribution in [3.05, 3.63) is 28.8 Å². The lowest BCUT2D eigenvalue weighted by Gasteiger charge is -2.23. The highest BCUT2D eigenvalue weighted by molar-refractivity contribution is 6.33. The number of carbonyl (C=O) groups is 1. The highest BCUT2D eigenvalue weighted by Crippen LogP contribution is 2.30. The molecule has 0 atom stereocenters. The first-order chi connectivity index (χ1) is 9.11. The number of likely N-dealkylation sites (N-methyl/N-ethyl adjacent to an activating group) is 2. The van der Waals surface area contributed by atoms with Gasteiger partial charge in [0.15, 0.2) is 0 Å². The van der Waals surface area contributed by atoms with Gasteiger partial charge < -0.3 is 15.5 Å². The van der Waals surface area contributed by atoms with Gasteiger partial charge in [0, 0.05) is 26.7 Å². The standard InChI is InChI=1S/C14H20ClN3O/c1-16-13(19)9-18(2)14-10(4-3-5-12(14)15)8-17-11-6-7-11/h3-5,11,17H,6-9H2,1-2H3,(H,16,19). The van der Waals surface area contributed by atoms with Crippen LogP contribution in [-0.2, 0) is 11.3 Å². The monoisotopic (exact) mass is 281 g/mol. The smallest absolute Gasteiger partial charge is 0.239 e. The molecule has 0 saturated heterocycles. The van der Waals surface area contributed by atoms with Gasteiger partial charge in [-0.05, 0) is 24.5 Å². The third-order valence-corrected chi connectivity index (χ3v) is 3.58. The number of nitrogens with one attached hydrogen (secondary N) is 2. The van der Waals surface area contributed by atoms with Gasteiger partial charge in [0.1, 0.15) is 0 Å². The van der Waals surface area contributed by atoms with Crippen LogP contribution in [0.5, 0.6) is 0 Å². The van der Waals surface area contributed by atoms with Crippen LogP contribution in [0.4, 0.5) is 5.69 Å². The van der Waals surface area contributed by atoms with Crippen molar-refractivity contribution in [3.8, 4) is 0 Å². The second kappa shape index (κ2) is 6.26. The second-order valence-corrected chi connectivity index (χ2v) is 5.34. The second-order valence-electron chi connectivity index (χ2n) is 4.93. The molecule has 104 valence electrons. The largest absolute Gasteiger partial charge is 0.364 e. The van der Waals surface area contributed by atoms with Crippen molar-refractivity contribution in [3.63, 3.8) is 0 Å². The van der Waals surface area contributed by atoms with Crippen LogP contribution in [0.1, 0.15) is 18.4 Å². The molecule has 0 heterocycles. The average molecular weight is 282 g/mol. The molecule has 0 radical (unpaired) electrons. The van der Waals surface area contributed by atoms with Crippen molar-refractivity contribution in [1.29, 1.82) is 0 Å². The van der Waals surface area contributed by atoms with Crippen molar-refractivity contribution < 1.29 is 4.79 Å². The lowest BCUT2D eigenvalue weighted by Crippen LogP contribution is -2.34. The highest BCUT2D eigenvalue weighted by atomic mass is 35.5. The minimum atomic E-state index is -0.0245. The molecule has 1 saturated carbocycles. The van der Waals surface area contributed by atoms with Crippen LogP contribution in [0, 0.1) is 0 Å². The fourth-order valence-corrected chi connectivity index (χ4v) is 2.38. The van der Waals surface area contributed by atoms with E-state index in [4.69, 9.17) is 11.6 Å². The Kier molecular flexibility index (Phi) is 4.66. The number of hydrogen-bond acceptors (Lipinski definition) is 3. The Balaban J connectivity index is 2.13. The summed E-state index contributed by atoms with van der Waals surface area (Å²) < 4.78 is 0. The molecular formula is C14H20ClN3O. The number of anilines is 1. The summed E-state index contributed by atoms with van der Waals surface area (Å²) in [6, 6.07) is 6.51. The van der Waals surface area contributed by atoms with Crippen molar-refractivity contribution in [2.24, 2.45) is 0 Å². The topological polar surface area (TPSA) is 44.4 Å². The Morgan fingerprint density at radius 2 is 2.21 bits per heavy atom. The molecule has 0 aromatic heterocycles. The zero-order valence-corrected chi connectivity index (χ0v) is 12.1. The minimum absolute atomic E-state index is 0.0245. The van der Waals surface area contributed by atoms with E-state index in [9.17, 15) is 4.79 Å². The summed E-state index contributed by atoms with van der Waals surface area (Å²) in [6.07, 6.45) is 2.51. The number of hydrogen-bond donors (Lipinski definition) is 2. The van der Waals surface area contributed by atoms with Crippen LogP contribution < -0.4 is 15.5 Å². The molecule has 1 aromatic carbocycles. The number of nitrogens with zero attached hydrogens (tertiary/aromatic N) is 1. The maximum atomic E-state index is 11.5. The van der Waals surface area contributed by atoms with Gasteiger partial charge in [-0.15, -0.1) is 0 Å². The fraction of sp³-hybridized carbons (Fsp3) is 0.500. The third-order valence-electron chi connectivity index (χ3n) is 3.27. The summed E-state index contributed by atoms with van der Waals surface area (Å²) in [7, 11) is 3.52. The number of halogens is 1. The lowest BCUT2D eigenvalue weighted by atomic mass is 10.1. The molecule has 1 aliphatic carbocycles. The molecular weight excluding hydrogens is 262 g/mol. The van der Waals surface area contributed by atoms with Crippen LogP contribution >= 0.6 is 11.6 Å². The molecule has 5 heteroatoms. The van der Waals surface area contributed by atoms with E-state index in [0.29, 0.717) is 17.6 Å². The quantitative estimate of drug-likeness (QED) is 0.835. The molecule has 0 spiro atoms. The molecule has 0 aliphatic heterocycles. The maximum absolute atomic E-state index is 11.5. The van der Waals surface area contributed by atoms with E-state index >= 15 is 0 Å². The van der Waals surface area contributed by atoms with Crippen LogP contribution in [0.25, 0.3) is 0 Å². The SMILES string of the molecule is CNC(=O)CN(C)c1c(Cl)cccc1CNC1CC1. The summed E-state index contributed by atoms with van der Waals surface area (Å²) in [6.45, 7) is 1.09. The first kappa shape index (κ1) is 14.2. The Morgan fingerprint density at radius 3 is 2.84 bits per heavy atom. The van der Waals surface area contributed by atoms with Crippen molar-refractivity contribution in [2.75, 3.05) is 25.5 Å². The molecule has 1 aliphatic rings. The van der Waals surface area contributed by atoms with Gasteiger partial charge in [0.05, 0.1) is 17.3 Å². The molecule has 2 N–H and O–H groups in total. The molecule has 4 nitrogen and oxygen atoms in total. The number of para-hydroxylation sites is 1.